The molecule has 0 aliphatic heterocycles. The van der Waals surface area contributed by atoms with Crippen molar-refractivity contribution in [1.82, 2.24) is 5.32 Å². The van der Waals surface area contributed by atoms with Crippen LogP contribution in [-0.2, 0) is 17.8 Å². The monoisotopic (exact) mass is 344 g/mol. The molecule has 1 amide bonds. The van der Waals surface area contributed by atoms with Crippen LogP contribution in [0, 0.1) is 0 Å². The zero-order chi connectivity index (χ0) is 18.3. The van der Waals surface area contributed by atoms with Gasteiger partial charge in [-0.25, -0.2) is 0 Å². The number of methoxy groups -OCH3 is 1. The molecule has 4 N–H and O–H groups in total. The van der Waals surface area contributed by atoms with Crippen molar-refractivity contribution in [3.8, 4) is 11.5 Å². The number of nitrogens with two attached hydrogens (primary N) is 1. The highest BCUT2D eigenvalue weighted by Gasteiger charge is 2.24. The molecule has 2 aromatic rings. The number of carbonyl (C=O) groups is 1. The summed E-state index contributed by atoms with van der Waals surface area (Å²) in [7, 11) is 3.13. The Labute approximate surface area is 147 Å². The lowest BCUT2D eigenvalue weighted by Crippen LogP contribution is -2.45. The van der Waals surface area contributed by atoms with Gasteiger partial charge in [0.15, 0.2) is 0 Å². The molecule has 2 aromatic carbocycles. The lowest BCUT2D eigenvalue weighted by Gasteiger charge is -2.22. The van der Waals surface area contributed by atoms with E-state index in [4.69, 9.17) is 15.2 Å². The average molecular weight is 344 g/mol. The summed E-state index contributed by atoms with van der Waals surface area (Å²) in [6, 6.07) is 14.9. The van der Waals surface area contributed by atoms with E-state index in [2.05, 4.69) is 5.32 Å². The molecule has 134 valence electrons. The third kappa shape index (κ3) is 6.10. The Bertz CT molecular complexity index is 699. The molecule has 25 heavy (non-hydrogen) atoms. The highest BCUT2D eigenvalue weighted by atomic mass is 16.5. The summed E-state index contributed by atoms with van der Waals surface area (Å²) in [5, 5.41) is 12.6. The number of hydrogen-bond donors (Lipinski definition) is 3. The summed E-state index contributed by atoms with van der Waals surface area (Å²) in [6.45, 7) is 0.425. The maximum atomic E-state index is 11.4. The summed E-state index contributed by atoms with van der Waals surface area (Å²) in [4.78, 5) is 11.4. The van der Waals surface area contributed by atoms with E-state index >= 15 is 0 Å². The number of aliphatic hydroxyl groups is 1. The highest BCUT2D eigenvalue weighted by Crippen LogP contribution is 2.19. The second kappa shape index (κ2) is 8.50. The van der Waals surface area contributed by atoms with Crippen molar-refractivity contribution < 1.29 is 19.4 Å². The Hall–Kier alpha value is -2.57. The largest absolute Gasteiger partial charge is 0.497 e. The van der Waals surface area contributed by atoms with Crippen LogP contribution in [-0.4, -0.2) is 30.9 Å². The van der Waals surface area contributed by atoms with Crippen LogP contribution in [0.5, 0.6) is 11.5 Å². The molecule has 1 atom stereocenters. The van der Waals surface area contributed by atoms with Gasteiger partial charge in [0.2, 0.25) is 5.91 Å². The molecule has 0 aliphatic rings. The Balaban J connectivity index is 1.92. The fourth-order valence-corrected chi connectivity index (χ4v) is 2.41. The highest BCUT2D eigenvalue weighted by molar-refractivity contribution is 5.76. The number of ether oxygens (including phenoxy) is 2. The van der Waals surface area contributed by atoms with Crippen LogP contribution in [0.1, 0.15) is 17.5 Å². The van der Waals surface area contributed by atoms with E-state index in [0.29, 0.717) is 12.4 Å². The minimum absolute atomic E-state index is 0.155. The summed E-state index contributed by atoms with van der Waals surface area (Å²) in [6.07, 6.45) is 0.0220. The van der Waals surface area contributed by atoms with Crippen molar-refractivity contribution in [2.45, 2.75) is 25.2 Å². The Morgan fingerprint density at radius 1 is 1.16 bits per heavy atom. The number of rotatable bonds is 8. The van der Waals surface area contributed by atoms with Gasteiger partial charge in [0, 0.05) is 13.5 Å². The summed E-state index contributed by atoms with van der Waals surface area (Å²) >= 11 is 0. The normalized spacial score (nSPS) is 13.0. The lowest BCUT2D eigenvalue weighted by atomic mass is 10.00. The average Bonchev–Trinajstić information content (AvgIpc) is 2.60. The SMILES string of the molecule is CNC(=O)CC(N)(O)Cc1ccc(OCc2cccc(OC)c2)cc1. The standard InChI is InChI=1S/C19H24N2O4/c1-21-18(22)12-19(20,23)11-14-6-8-16(9-7-14)25-13-15-4-3-5-17(10-15)24-2/h3-10,23H,11-13,20H2,1-2H3,(H,21,22). The number of nitrogens with one attached hydrogen (secondary N) is 1. The van der Waals surface area contributed by atoms with Crippen molar-refractivity contribution in [1.29, 1.82) is 0 Å². The summed E-state index contributed by atoms with van der Waals surface area (Å²) in [5.41, 5.74) is 6.02. The van der Waals surface area contributed by atoms with Crippen molar-refractivity contribution in [3.63, 3.8) is 0 Å². The topological polar surface area (TPSA) is 93.8 Å². The van der Waals surface area contributed by atoms with E-state index in [-0.39, 0.29) is 18.7 Å². The lowest BCUT2D eigenvalue weighted by molar-refractivity contribution is -0.125. The van der Waals surface area contributed by atoms with Gasteiger partial charge in [-0.3, -0.25) is 4.79 Å². The predicted octanol–water partition coefficient (Wildman–Crippen LogP) is 1.60. The molecular weight excluding hydrogens is 320 g/mol. The quantitative estimate of drug-likeness (QED) is 0.633. The maximum absolute atomic E-state index is 11.4. The number of amides is 1. The van der Waals surface area contributed by atoms with Gasteiger partial charge in [-0.1, -0.05) is 24.3 Å². The fraction of sp³-hybridized carbons (Fsp3) is 0.316. The first-order valence-electron chi connectivity index (χ1n) is 7.98. The molecule has 6 nitrogen and oxygen atoms in total. The molecular formula is C19H24N2O4. The van der Waals surface area contributed by atoms with Crippen molar-refractivity contribution >= 4 is 5.91 Å². The van der Waals surface area contributed by atoms with Gasteiger partial charge in [0.25, 0.3) is 0 Å². The molecule has 0 saturated carbocycles. The maximum Gasteiger partial charge on any atom is 0.224 e. The summed E-state index contributed by atoms with van der Waals surface area (Å²) in [5.74, 6) is 1.19. The van der Waals surface area contributed by atoms with E-state index < -0.39 is 5.72 Å². The number of carbonyl (C=O) groups excluding carboxylic acids is 1. The van der Waals surface area contributed by atoms with Crippen LogP contribution in [0.4, 0.5) is 0 Å². The molecule has 0 heterocycles. The molecule has 0 saturated heterocycles. The van der Waals surface area contributed by atoms with Gasteiger partial charge in [0.05, 0.1) is 13.5 Å². The van der Waals surface area contributed by atoms with Crippen molar-refractivity contribution in [2.24, 2.45) is 5.73 Å². The Kier molecular flexibility index (Phi) is 6.38. The van der Waals surface area contributed by atoms with E-state index in [0.717, 1.165) is 16.9 Å². The Morgan fingerprint density at radius 3 is 2.52 bits per heavy atom. The van der Waals surface area contributed by atoms with Crippen LogP contribution in [0.3, 0.4) is 0 Å². The van der Waals surface area contributed by atoms with Gasteiger partial charge in [-0.15, -0.1) is 0 Å². The molecule has 0 spiro atoms. The first-order valence-corrected chi connectivity index (χ1v) is 7.98. The molecule has 0 aliphatic carbocycles. The molecule has 1 unspecified atom stereocenters. The molecule has 0 radical (unpaired) electrons. The van der Waals surface area contributed by atoms with Gasteiger partial charge in [0.1, 0.15) is 23.8 Å². The fourth-order valence-electron chi connectivity index (χ4n) is 2.41. The minimum atomic E-state index is -1.58. The van der Waals surface area contributed by atoms with Crippen molar-refractivity contribution in [2.75, 3.05) is 14.2 Å². The Morgan fingerprint density at radius 2 is 1.88 bits per heavy atom. The number of benzene rings is 2. The van der Waals surface area contributed by atoms with Crippen molar-refractivity contribution in [3.05, 3.63) is 59.7 Å². The number of hydrogen-bond acceptors (Lipinski definition) is 5. The van der Waals surface area contributed by atoms with Crippen LogP contribution >= 0.6 is 0 Å². The van der Waals surface area contributed by atoms with Crippen LogP contribution in [0.15, 0.2) is 48.5 Å². The van der Waals surface area contributed by atoms with E-state index in [1.807, 2.05) is 48.5 Å². The molecule has 0 aromatic heterocycles. The van der Waals surface area contributed by atoms with E-state index in [9.17, 15) is 9.90 Å². The summed E-state index contributed by atoms with van der Waals surface area (Å²) < 4.78 is 10.9. The molecule has 0 fully saturated rings. The van der Waals surface area contributed by atoms with Crippen LogP contribution < -0.4 is 20.5 Å². The molecule has 2 rings (SSSR count). The van der Waals surface area contributed by atoms with Gasteiger partial charge in [-0.2, -0.15) is 0 Å². The molecule has 6 heteroatoms. The second-order valence-corrected chi connectivity index (χ2v) is 5.91. The first-order chi connectivity index (χ1) is 11.9. The third-order valence-electron chi connectivity index (χ3n) is 3.72. The zero-order valence-electron chi connectivity index (χ0n) is 14.5. The third-order valence-corrected chi connectivity index (χ3v) is 3.72. The van der Waals surface area contributed by atoms with Crippen LogP contribution in [0.2, 0.25) is 0 Å². The van der Waals surface area contributed by atoms with Gasteiger partial charge >= 0.3 is 0 Å². The first kappa shape index (κ1) is 18.8. The predicted molar refractivity (Wildman–Crippen MR) is 95.3 cm³/mol. The van der Waals surface area contributed by atoms with Gasteiger partial charge in [-0.05, 0) is 35.4 Å². The molecule has 0 bridgehead atoms. The zero-order valence-corrected chi connectivity index (χ0v) is 14.5. The van der Waals surface area contributed by atoms with Crippen LogP contribution in [0.25, 0.3) is 0 Å². The smallest absolute Gasteiger partial charge is 0.224 e. The second-order valence-electron chi connectivity index (χ2n) is 5.91. The van der Waals surface area contributed by atoms with E-state index in [1.54, 1.807) is 7.11 Å². The minimum Gasteiger partial charge on any atom is -0.497 e. The van der Waals surface area contributed by atoms with E-state index in [1.165, 1.54) is 7.05 Å². The van der Waals surface area contributed by atoms with Gasteiger partial charge < -0.3 is 25.6 Å².